The van der Waals surface area contributed by atoms with Crippen LogP contribution >= 0.6 is 11.3 Å². The van der Waals surface area contributed by atoms with Crippen LogP contribution < -0.4 is 4.72 Å². The van der Waals surface area contributed by atoms with Gasteiger partial charge in [0.25, 0.3) is 5.91 Å². The summed E-state index contributed by atoms with van der Waals surface area (Å²) in [7, 11) is -3.22. The predicted octanol–water partition coefficient (Wildman–Crippen LogP) is 0.524. The van der Waals surface area contributed by atoms with Gasteiger partial charge < -0.3 is 4.90 Å². The molecule has 1 N–H and O–H groups in total. The van der Waals surface area contributed by atoms with Crippen LogP contribution in [-0.4, -0.2) is 49.6 Å². The lowest BCUT2D eigenvalue weighted by Gasteiger charge is -2.16. The van der Waals surface area contributed by atoms with Crippen molar-refractivity contribution in [1.82, 2.24) is 14.6 Å². The lowest BCUT2D eigenvalue weighted by molar-refractivity contribution is 0.0794. The maximum Gasteiger partial charge on any atom is 0.265 e. The summed E-state index contributed by atoms with van der Waals surface area (Å²) >= 11 is 1.38. The summed E-state index contributed by atoms with van der Waals surface area (Å²) in [6.45, 7) is 4.68. The van der Waals surface area contributed by atoms with Crippen LogP contribution in [0.25, 0.3) is 0 Å². The quantitative estimate of drug-likeness (QED) is 0.883. The van der Waals surface area contributed by atoms with Gasteiger partial charge in [0.05, 0.1) is 17.0 Å². The number of amides is 1. The first-order valence-corrected chi connectivity index (χ1v) is 8.67. The number of rotatable bonds is 3. The number of aryl methyl sites for hydroxylation is 2. The van der Waals surface area contributed by atoms with Crippen LogP contribution in [0.2, 0.25) is 0 Å². The average molecular weight is 303 g/mol. The predicted molar refractivity (Wildman–Crippen MR) is 73.9 cm³/mol. The Bertz CT molecular complexity index is 594. The second-order valence-electron chi connectivity index (χ2n) is 4.77. The molecular weight excluding hydrogens is 286 g/mol. The average Bonchev–Trinajstić information content (AvgIpc) is 2.82. The van der Waals surface area contributed by atoms with E-state index < -0.39 is 10.0 Å². The first-order chi connectivity index (χ1) is 8.76. The third-order valence-corrected chi connectivity index (χ3v) is 4.78. The lowest BCUT2D eigenvalue weighted by atomic mass is 10.3. The summed E-state index contributed by atoms with van der Waals surface area (Å²) in [6.07, 6.45) is 1.78. The maximum absolute atomic E-state index is 12.3. The van der Waals surface area contributed by atoms with E-state index in [-0.39, 0.29) is 11.9 Å². The molecule has 1 aromatic rings. The first kappa shape index (κ1) is 14.4. The van der Waals surface area contributed by atoms with E-state index >= 15 is 0 Å². The van der Waals surface area contributed by atoms with Crippen LogP contribution in [0.3, 0.4) is 0 Å². The molecule has 0 spiro atoms. The topological polar surface area (TPSA) is 79.4 Å². The Labute approximate surface area is 116 Å². The summed E-state index contributed by atoms with van der Waals surface area (Å²) in [5, 5.41) is 0.867. The molecule has 106 valence electrons. The summed E-state index contributed by atoms with van der Waals surface area (Å²) in [5.41, 5.74) is 0.743. The molecule has 19 heavy (non-hydrogen) atoms. The molecule has 0 aromatic carbocycles. The SMILES string of the molecule is Cc1nc(C)c(C(=O)N2CCC(NS(C)(=O)=O)C2)s1. The van der Waals surface area contributed by atoms with Gasteiger partial charge in [-0.2, -0.15) is 0 Å². The van der Waals surface area contributed by atoms with Gasteiger partial charge in [-0.15, -0.1) is 11.3 Å². The molecule has 1 fully saturated rings. The van der Waals surface area contributed by atoms with Crippen molar-refractivity contribution >= 4 is 27.3 Å². The normalized spacial score (nSPS) is 19.9. The zero-order valence-electron chi connectivity index (χ0n) is 11.1. The summed E-state index contributed by atoms with van der Waals surface area (Å²) in [5.74, 6) is -0.0547. The van der Waals surface area contributed by atoms with E-state index in [0.717, 1.165) is 17.0 Å². The molecule has 0 radical (unpaired) electrons. The molecule has 2 rings (SSSR count). The monoisotopic (exact) mass is 303 g/mol. The number of carbonyl (C=O) groups is 1. The number of thiazole rings is 1. The highest BCUT2D eigenvalue weighted by Crippen LogP contribution is 2.21. The largest absolute Gasteiger partial charge is 0.336 e. The summed E-state index contributed by atoms with van der Waals surface area (Å²) in [4.78, 5) is 18.9. The standard InChI is InChI=1S/C11H17N3O3S2/c1-7-10(18-8(2)12-7)11(15)14-5-4-9(6-14)13-19(3,16)17/h9,13H,4-6H2,1-3H3. The van der Waals surface area contributed by atoms with Crippen LogP contribution in [0.4, 0.5) is 0 Å². The molecule has 0 bridgehead atoms. The fourth-order valence-corrected chi connectivity index (χ4v) is 3.90. The Hall–Kier alpha value is -0.990. The fourth-order valence-electron chi connectivity index (χ4n) is 2.22. The van der Waals surface area contributed by atoms with Gasteiger partial charge in [0, 0.05) is 19.1 Å². The van der Waals surface area contributed by atoms with Crippen molar-refractivity contribution in [1.29, 1.82) is 0 Å². The van der Waals surface area contributed by atoms with Crippen molar-refractivity contribution in [3.63, 3.8) is 0 Å². The van der Waals surface area contributed by atoms with Gasteiger partial charge >= 0.3 is 0 Å². The molecule has 1 unspecified atom stereocenters. The molecule has 1 aromatic heterocycles. The minimum atomic E-state index is -3.22. The van der Waals surface area contributed by atoms with Crippen LogP contribution in [0.1, 0.15) is 26.8 Å². The zero-order valence-corrected chi connectivity index (χ0v) is 12.8. The van der Waals surface area contributed by atoms with Gasteiger partial charge in [-0.25, -0.2) is 18.1 Å². The number of sulfonamides is 1. The van der Waals surface area contributed by atoms with Crippen molar-refractivity contribution in [2.45, 2.75) is 26.3 Å². The van der Waals surface area contributed by atoms with Crippen molar-refractivity contribution in [2.75, 3.05) is 19.3 Å². The van der Waals surface area contributed by atoms with Gasteiger partial charge in [0.15, 0.2) is 0 Å². The molecule has 1 saturated heterocycles. The Morgan fingerprint density at radius 1 is 1.47 bits per heavy atom. The minimum absolute atomic E-state index is 0.0547. The smallest absolute Gasteiger partial charge is 0.265 e. The van der Waals surface area contributed by atoms with E-state index in [1.807, 2.05) is 13.8 Å². The molecule has 6 nitrogen and oxygen atoms in total. The summed E-state index contributed by atoms with van der Waals surface area (Å²) < 4.78 is 24.9. The highest BCUT2D eigenvalue weighted by molar-refractivity contribution is 7.88. The fraction of sp³-hybridized carbons (Fsp3) is 0.636. The second kappa shape index (κ2) is 5.18. The third kappa shape index (κ3) is 3.52. The van der Waals surface area contributed by atoms with Crippen molar-refractivity contribution < 1.29 is 13.2 Å². The third-order valence-electron chi connectivity index (χ3n) is 2.95. The molecular formula is C11H17N3O3S2. The van der Waals surface area contributed by atoms with Gasteiger partial charge in [-0.05, 0) is 20.3 Å². The maximum atomic E-state index is 12.3. The first-order valence-electron chi connectivity index (χ1n) is 5.97. The van der Waals surface area contributed by atoms with Gasteiger partial charge in [0.2, 0.25) is 10.0 Å². The second-order valence-corrected chi connectivity index (χ2v) is 7.76. The number of likely N-dealkylation sites (tertiary alicyclic amines) is 1. The van der Waals surface area contributed by atoms with E-state index in [1.165, 1.54) is 11.3 Å². The minimum Gasteiger partial charge on any atom is -0.336 e. The van der Waals surface area contributed by atoms with Crippen molar-refractivity contribution in [3.8, 4) is 0 Å². The van der Waals surface area contributed by atoms with Gasteiger partial charge in [-0.3, -0.25) is 4.79 Å². The highest BCUT2D eigenvalue weighted by atomic mass is 32.2. The number of nitrogens with one attached hydrogen (secondary N) is 1. The summed E-state index contributed by atoms with van der Waals surface area (Å²) in [6, 6.07) is -0.187. The number of carbonyl (C=O) groups excluding carboxylic acids is 1. The van der Waals surface area contributed by atoms with E-state index in [9.17, 15) is 13.2 Å². The molecule has 1 aliphatic rings. The molecule has 0 saturated carbocycles. The Kier molecular flexibility index (Phi) is 3.93. The number of hydrogen-bond donors (Lipinski definition) is 1. The number of nitrogens with zero attached hydrogens (tertiary/aromatic N) is 2. The van der Waals surface area contributed by atoms with Crippen LogP contribution in [0.15, 0.2) is 0 Å². The van der Waals surface area contributed by atoms with Crippen LogP contribution in [0.5, 0.6) is 0 Å². The van der Waals surface area contributed by atoms with Gasteiger partial charge in [-0.1, -0.05) is 0 Å². The van der Waals surface area contributed by atoms with E-state index in [4.69, 9.17) is 0 Å². The van der Waals surface area contributed by atoms with E-state index in [1.54, 1.807) is 4.90 Å². The van der Waals surface area contributed by atoms with Crippen LogP contribution in [-0.2, 0) is 10.0 Å². The van der Waals surface area contributed by atoms with Crippen molar-refractivity contribution in [2.24, 2.45) is 0 Å². The zero-order chi connectivity index (χ0) is 14.2. The van der Waals surface area contributed by atoms with Crippen LogP contribution in [0, 0.1) is 13.8 Å². The molecule has 1 aliphatic heterocycles. The molecule has 0 aliphatic carbocycles. The Morgan fingerprint density at radius 2 is 2.16 bits per heavy atom. The lowest BCUT2D eigenvalue weighted by Crippen LogP contribution is -2.37. The van der Waals surface area contributed by atoms with Gasteiger partial charge in [0.1, 0.15) is 4.88 Å². The van der Waals surface area contributed by atoms with Crippen molar-refractivity contribution in [3.05, 3.63) is 15.6 Å². The number of aromatic nitrogens is 1. The molecule has 1 atom stereocenters. The molecule has 8 heteroatoms. The van der Waals surface area contributed by atoms with E-state index in [2.05, 4.69) is 9.71 Å². The number of hydrogen-bond acceptors (Lipinski definition) is 5. The molecule has 1 amide bonds. The molecule has 2 heterocycles. The highest BCUT2D eigenvalue weighted by Gasteiger charge is 2.30. The Morgan fingerprint density at radius 3 is 2.68 bits per heavy atom. The Balaban J connectivity index is 2.05. The van der Waals surface area contributed by atoms with E-state index in [0.29, 0.717) is 24.4 Å².